The van der Waals surface area contributed by atoms with E-state index in [9.17, 15) is 4.79 Å². The molecule has 6 heteroatoms. The maximum Gasteiger partial charge on any atom is 0.220 e. The summed E-state index contributed by atoms with van der Waals surface area (Å²) in [4.78, 5) is 14.6. The van der Waals surface area contributed by atoms with Gasteiger partial charge in [0.05, 0.1) is 25.5 Å². The average Bonchev–Trinajstić information content (AvgIpc) is 3.19. The molecule has 140 valence electrons. The monoisotopic (exact) mass is 376 g/mol. The van der Waals surface area contributed by atoms with Gasteiger partial charge in [0.1, 0.15) is 5.76 Å². The second-order valence-corrected chi connectivity index (χ2v) is 6.84. The molecule has 0 spiro atoms. The Bertz CT molecular complexity index is 684. The van der Waals surface area contributed by atoms with E-state index in [4.69, 9.17) is 20.8 Å². The number of hydrogen-bond donors (Lipinski definition) is 1. The van der Waals surface area contributed by atoms with Gasteiger partial charge in [-0.05, 0) is 36.6 Å². The van der Waals surface area contributed by atoms with Crippen molar-refractivity contribution in [2.75, 3.05) is 32.8 Å². The molecule has 0 bridgehead atoms. The van der Waals surface area contributed by atoms with Gasteiger partial charge in [0.25, 0.3) is 0 Å². The number of morpholine rings is 1. The van der Waals surface area contributed by atoms with Gasteiger partial charge in [-0.25, -0.2) is 0 Å². The van der Waals surface area contributed by atoms with E-state index in [1.807, 2.05) is 36.4 Å². The summed E-state index contributed by atoms with van der Waals surface area (Å²) >= 11 is 6.16. The van der Waals surface area contributed by atoms with Gasteiger partial charge in [0.15, 0.2) is 0 Å². The van der Waals surface area contributed by atoms with Crippen LogP contribution in [-0.2, 0) is 16.0 Å². The van der Waals surface area contributed by atoms with Crippen LogP contribution >= 0.6 is 11.6 Å². The van der Waals surface area contributed by atoms with Gasteiger partial charge < -0.3 is 14.5 Å². The highest BCUT2D eigenvalue weighted by Crippen LogP contribution is 2.22. The molecule has 1 amide bonds. The molecule has 5 nitrogen and oxygen atoms in total. The SMILES string of the molecule is O=C(CCCc1ccccc1Cl)NCC(c1ccco1)N1CCOCC1. The Hall–Kier alpha value is -1.82. The summed E-state index contributed by atoms with van der Waals surface area (Å²) in [6.07, 6.45) is 3.74. The number of ether oxygens (including phenoxy) is 1. The van der Waals surface area contributed by atoms with E-state index in [0.717, 1.165) is 42.3 Å². The Morgan fingerprint density at radius 1 is 1.19 bits per heavy atom. The standard InChI is InChI=1S/C20H25ClN2O3/c21-17-7-2-1-5-16(17)6-3-9-20(24)22-15-18(19-8-4-12-26-19)23-10-13-25-14-11-23/h1-2,4-5,7-8,12,18H,3,6,9-11,13-15H2,(H,22,24). The highest BCUT2D eigenvalue weighted by atomic mass is 35.5. The van der Waals surface area contributed by atoms with Crippen LogP contribution in [0.5, 0.6) is 0 Å². The van der Waals surface area contributed by atoms with Gasteiger partial charge in [-0.2, -0.15) is 0 Å². The van der Waals surface area contributed by atoms with Gasteiger partial charge in [0, 0.05) is 31.1 Å². The van der Waals surface area contributed by atoms with Gasteiger partial charge in [-0.3, -0.25) is 9.69 Å². The molecule has 2 aromatic rings. The Morgan fingerprint density at radius 2 is 2.00 bits per heavy atom. The number of nitrogens with one attached hydrogen (secondary N) is 1. The molecule has 0 saturated carbocycles. The van der Waals surface area contributed by atoms with Crippen molar-refractivity contribution in [1.82, 2.24) is 10.2 Å². The summed E-state index contributed by atoms with van der Waals surface area (Å²) in [5, 5.41) is 3.82. The molecule has 1 aliphatic heterocycles. The number of rotatable bonds is 8. The summed E-state index contributed by atoms with van der Waals surface area (Å²) in [7, 11) is 0. The van der Waals surface area contributed by atoms with Gasteiger partial charge in [-0.1, -0.05) is 29.8 Å². The average molecular weight is 377 g/mol. The first-order valence-corrected chi connectivity index (χ1v) is 9.47. The topological polar surface area (TPSA) is 54.7 Å². The van der Waals surface area contributed by atoms with Gasteiger partial charge in [0.2, 0.25) is 5.91 Å². The van der Waals surface area contributed by atoms with Crippen LogP contribution in [0, 0.1) is 0 Å². The van der Waals surface area contributed by atoms with Crippen molar-refractivity contribution in [3.05, 3.63) is 59.0 Å². The zero-order valence-electron chi connectivity index (χ0n) is 14.8. The molecule has 2 heterocycles. The Kier molecular flexibility index (Phi) is 7.12. The van der Waals surface area contributed by atoms with E-state index in [-0.39, 0.29) is 11.9 Å². The fourth-order valence-electron chi connectivity index (χ4n) is 3.22. The number of carbonyl (C=O) groups excluding carboxylic acids is 1. The molecular weight excluding hydrogens is 352 g/mol. The predicted octanol–water partition coefficient (Wildman–Crippen LogP) is 3.45. The number of nitrogens with zero attached hydrogens (tertiary/aromatic N) is 1. The molecule has 0 aliphatic carbocycles. The van der Waals surface area contributed by atoms with Crippen LogP contribution in [-0.4, -0.2) is 43.7 Å². The van der Waals surface area contributed by atoms with Crippen molar-refractivity contribution in [3.8, 4) is 0 Å². The third-order valence-electron chi connectivity index (χ3n) is 4.66. The van der Waals surface area contributed by atoms with Crippen molar-refractivity contribution in [1.29, 1.82) is 0 Å². The van der Waals surface area contributed by atoms with Crippen LogP contribution in [0.4, 0.5) is 0 Å². The van der Waals surface area contributed by atoms with E-state index in [1.165, 1.54) is 0 Å². The molecule has 1 aromatic carbocycles. The van der Waals surface area contributed by atoms with Crippen LogP contribution in [0.1, 0.15) is 30.2 Å². The quantitative estimate of drug-likeness (QED) is 0.766. The first-order chi connectivity index (χ1) is 12.7. The van der Waals surface area contributed by atoms with E-state index in [0.29, 0.717) is 26.2 Å². The van der Waals surface area contributed by atoms with Crippen LogP contribution in [0.2, 0.25) is 5.02 Å². The van der Waals surface area contributed by atoms with E-state index >= 15 is 0 Å². The third kappa shape index (κ3) is 5.34. The summed E-state index contributed by atoms with van der Waals surface area (Å²) in [5.74, 6) is 0.935. The van der Waals surface area contributed by atoms with Crippen molar-refractivity contribution in [3.63, 3.8) is 0 Å². The number of carbonyl (C=O) groups is 1. The molecule has 1 fully saturated rings. The Labute approximate surface area is 159 Å². The molecule has 1 aromatic heterocycles. The number of furan rings is 1. The predicted molar refractivity (Wildman–Crippen MR) is 101 cm³/mol. The number of benzene rings is 1. The Balaban J connectivity index is 1.47. The zero-order valence-corrected chi connectivity index (χ0v) is 15.6. The normalized spacial score (nSPS) is 16.3. The molecule has 26 heavy (non-hydrogen) atoms. The number of aryl methyl sites for hydroxylation is 1. The van der Waals surface area contributed by atoms with Crippen LogP contribution < -0.4 is 5.32 Å². The minimum absolute atomic E-state index is 0.0430. The maximum atomic E-state index is 12.3. The van der Waals surface area contributed by atoms with Crippen molar-refractivity contribution in [2.45, 2.75) is 25.3 Å². The smallest absolute Gasteiger partial charge is 0.220 e. The minimum atomic E-state index is 0.0430. The minimum Gasteiger partial charge on any atom is -0.468 e. The van der Waals surface area contributed by atoms with Crippen molar-refractivity contribution < 1.29 is 13.9 Å². The van der Waals surface area contributed by atoms with E-state index < -0.39 is 0 Å². The van der Waals surface area contributed by atoms with Crippen LogP contribution in [0.15, 0.2) is 47.1 Å². The second kappa shape index (κ2) is 9.76. The fraction of sp³-hybridized carbons (Fsp3) is 0.450. The largest absolute Gasteiger partial charge is 0.468 e. The number of halogens is 1. The van der Waals surface area contributed by atoms with Crippen molar-refractivity contribution >= 4 is 17.5 Å². The zero-order chi connectivity index (χ0) is 18.2. The van der Waals surface area contributed by atoms with Crippen molar-refractivity contribution in [2.24, 2.45) is 0 Å². The Morgan fingerprint density at radius 3 is 2.73 bits per heavy atom. The lowest BCUT2D eigenvalue weighted by Crippen LogP contribution is -2.43. The van der Waals surface area contributed by atoms with E-state index in [1.54, 1.807) is 6.26 Å². The number of hydrogen-bond acceptors (Lipinski definition) is 4. The van der Waals surface area contributed by atoms with Crippen LogP contribution in [0.25, 0.3) is 0 Å². The lowest BCUT2D eigenvalue weighted by molar-refractivity contribution is -0.121. The maximum absolute atomic E-state index is 12.3. The van der Waals surface area contributed by atoms with Gasteiger partial charge in [-0.15, -0.1) is 0 Å². The highest BCUT2D eigenvalue weighted by molar-refractivity contribution is 6.31. The molecule has 1 atom stereocenters. The lowest BCUT2D eigenvalue weighted by Gasteiger charge is -2.33. The molecule has 0 radical (unpaired) electrons. The van der Waals surface area contributed by atoms with E-state index in [2.05, 4.69) is 10.2 Å². The molecule has 1 unspecified atom stereocenters. The molecular formula is C20H25ClN2O3. The second-order valence-electron chi connectivity index (χ2n) is 6.43. The lowest BCUT2D eigenvalue weighted by atomic mass is 10.1. The molecule has 3 rings (SSSR count). The first kappa shape index (κ1) is 19.0. The fourth-order valence-corrected chi connectivity index (χ4v) is 3.45. The third-order valence-corrected chi connectivity index (χ3v) is 5.03. The molecule has 1 saturated heterocycles. The first-order valence-electron chi connectivity index (χ1n) is 9.09. The number of amides is 1. The summed E-state index contributed by atoms with van der Waals surface area (Å²) in [5.41, 5.74) is 1.09. The van der Waals surface area contributed by atoms with Crippen LogP contribution in [0.3, 0.4) is 0 Å². The molecule has 1 N–H and O–H groups in total. The summed E-state index contributed by atoms with van der Waals surface area (Å²) in [6.45, 7) is 3.64. The molecule has 1 aliphatic rings. The summed E-state index contributed by atoms with van der Waals surface area (Å²) < 4.78 is 11.0. The highest BCUT2D eigenvalue weighted by Gasteiger charge is 2.25. The van der Waals surface area contributed by atoms with Gasteiger partial charge >= 0.3 is 0 Å². The summed E-state index contributed by atoms with van der Waals surface area (Å²) in [6, 6.07) is 11.7.